The van der Waals surface area contributed by atoms with Crippen LogP contribution in [0.2, 0.25) is 0 Å². The number of benzene rings is 2. The van der Waals surface area contributed by atoms with Crippen LogP contribution < -0.4 is 9.62 Å². The summed E-state index contributed by atoms with van der Waals surface area (Å²) in [4.78, 5) is 23.9. The fourth-order valence-corrected chi connectivity index (χ4v) is 5.07. The number of carboxylic acid groups (broad SMARTS) is 1. The number of nitrogens with zero attached hydrogens (tertiary/aromatic N) is 1. The SMILES string of the molecule is O=C(CN1c2cccc3cccc(c23)S1(=O)=O)NC(CC1CC1)C(=O)O. The molecule has 7 nitrogen and oxygen atoms in total. The lowest BCUT2D eigenvalue weighted by molar-refractivity contribution is -0.141. The standard InChI is InChI=1S/C18H18N2O5S/c21-16(19-13(18(22)23)9-11-7-8-11)10-20-14-5-1-3-12-4-2-6-15(17(12)14)26(20,24)25/h1-6,11,13H,7-10H2,(H,19,21)(H,22,23). The summed E-state index contributed by atoms with van der Waals surface area (Å²) in [6.45, 7) is -0.440. The zero-order valence-electron chi connectivity index (χ0n) is 13.9. The van der Waals surface area contributed by atoms with Gasteiger partial charge in [0, 0.05) is 5.39 Å². The molecule has 1 aliphatic carbocycles. The number of carboxylic acids is 1. The summed E-state index contributed by atoms with van der Waals surface area (Å²) < 4.78 is 26.7. The van der Waals surface area contributed by atoms with Crippen LogP contribution in [-0.4, -0.2) is 38.0 Å². The highest BCUT2D eigenvalue weighted by atomic mass is 32.2. The maximum Gasteiger partial charge on any atom is 0.326 e. The van der Waals surface area contributed by atoms with Gasteiger partial charge in [0.2, 0.25) is 5.91 Å². The monoisotopic (exact) mass is 374 g/mol. The molecule has 1 fully saturated rings. The van der Waals surface area contributed by atoms with Gasteiger partial charge in [-0.25, -0.2) is 13.2 Å². The Balaban J connectivity index is 1.59. The van der Waals surface area contributed by atoms with Gasteiger partial charge in [0.15, 0.2) is 0 Å². The van der Waals surface area contributed by atoms with Crippen LogP contribution in [0.15, 0.2) is 41.3 Å². The van der Waals surface area contributed by atoms with Crippen molar-refractivity contribution in [1.29, 1.82) is 0 Å². The van der Waals surface area contributed by atoms with Crippen LogP contribution in [0.1, 0.15) is 19.3 Å². The average molecular weight is 374 g/mol. The maximum atomic E-state index is 12.8. The second-order valence-electron chi connectivity index (χ2n) is 6.78. The zero-order valence-corrected chi connectivity index (χ0v) is 14.7. The first-order chi connectivity index (χ1) is 12.4. The number of carbonyl (C=O) groups is 2. The maximum absolute atomic E-state index is 12.8. The van der Waals surface area contributed by atoms with Gasteiger partial charge in [0.25, 0.3) is 10.0 Å². The number of rotatable bonds is 6. The normalized spacial score (nSPS) is 18.7. The second kappa shape index (κ2) is 5.98. The Labute approximate surface area is 150 Å². The summed E-state index contributed by atoms with van der Waals surface area (Å²) in [5.41, 5.74) is 0.447. The minimum atomic E-state index is -3.84. The van der Waals surface area contributed by atoms with Crippen molar-refractivity contribution in [3.05, 3.63) is 36.4 Å². The molecule has 1 amide bonds. The number of hydrogen-bond acceptors (Lipinski definition) is 4. The Morgan fingerprint density at radius 2 is 1.88 bits per heavy atom. The number of aliphatic carboxylic acids is 1. The van der Waals surface area contributed by atoms with E-state index in [9.17, 15) is 23.1 Å². The molecule has 4 rings (SSSR count). The topological polar surface area (TPSA) is 104 Å². The van der Waals surface area contributed by atoms with Crippen LogP contribution in [0.25, 0.3) is 10.8 Å². The third kappa shape index (κ3) is 2.80. The molecule has 0 spiro atoms. The van der Waals surface area contributed by atoms with Crippen LogP contribution in [-0.2, 0) is 19.6 Å². The quantitative estimate of drug-likeness (QED) is 0.801. The third-order valence-corrected chi connectivity index (χ3v) is 6.67. The van der Waals surface area contributed by atoms with Gasteiger partial charge in [-0.15, -0.1) is 0 Å². The summed E-state index contributed by atoms with van der Waals surface area (Å²) in [5.74, 6) is -1.39. The van der Waals surface area contributed by atoms with Gasteiger partial charge in [0.05, 0.1) is 10.6 Å². The van der Waals surface area contributed by atoms with Crippen LogP contribution in [0, 0.1) is 5.92 Å². The van der Waals surface area contributed by atoms with Crippen molar-refractivity contribution in [2.45, 2.75) is 30.2 Å². The molecule has 1 unspecified atom stereocenters. The van der Waals surface area contributed by atoms with E-state index in [2.05, 4.69) is 5.32 Å². The van der Waals surface area contributed by atoms with E-state index in [1.807, 2.05) is 12.1 Å². The first-order valence-corrected chi connectivity index (χ1v) is 9.88. The molecular formula is C18H18N2O5S. The Bertz CT molecular complexity index is 1010. The second-order valence-corrected chi connectivity index (χ2v) is 8.61. The molecule has 1 saturated carbocycles. The first-order valence-electron chi connectivity index (χ1n) is 8.44. The Morgan fingerprint density at radius 3 is 2.54 bits per heavy atom. The van der Waals surface area contributed by atoms with Crippen molar-refractivity contribution in [2.24, 2.45) is 5.92 Å². The molecule has 2 aliphatic rings. The van der Waals surface area contributed by atoms with Gasteiger partial charge in [0.1, 0.15) is 12.6 Å². The van der Waals surface area contributed by atoms with E-state index < -0.39 is 34.5 Å². The molecule has 2 aromatic rings. The molecule has 1 aliphatic heterocycles. The summed E-state index contributed by atoms with van der Waals surface area (Å²) in [5, 5.41) is 13.1. The molecule has 26 heavy (non-hydrogen) atoms. The molecule has 0 saturated heterocycles. The molecule has 2 N–H and O–H groups in total. The highest BCUT2D eigenvalue weighted by Gasteiger charge is 2.37. The lowest BCUT2D eigenvalue weighted by Gasteiger charge is -2.20. The molecule has 0 aromatic heterocycles. The van der Waals surface area contributed by atoms with Gasteiger partial charge < -0.3 is 10.4 Å². The van der Waals surface area contributed by atoms with Crippen LogP contribution in [0.5, 0.6) is 0 Å². The molecule has 8 heteroatoms. The minimum absolute atomic E-state index is 0.172. The predicted molar refractivity (Wildman–Crippen MR) is 95.4 cm³/mol. The lowest BCUT2D eigenvalue weighted by Crippen LogP contribution is -2.46. The number of hydrogen-bond donors (Lipinski definition) is 2. The summed E-state index contributed by atoms with van der Waals surface area (Å²) in [6, 6.07) is 9.22. The average Bonchev–Trinajstić information content (AvgIpc) is 3.38. The van der Waals surface area contributed by atoms with Gasteiger partial charge in [-0.1, -0.05) is 37.1 Å². The molecule has 0 radical (unpaired) electrons. The first kappa shape index (κ1) is 16.8. The zero-order chi connectivity index (χ0) is 18.5. The number of sulfonamides is 1. The van der Waals surface area contributed by atoms with E-state index in [1.165, 1.54) is 6.07 Å². The Hall–Kier alpha value is -2.61. The van der Waals surface area contributed by atoms with Crippen molar-refractivity contribution in [2.75, 3.05) is 10.8 Å². The van der Waals surface area contributed by atoms with Gasteiger partial charge in [-0.2, -0.15) is 0 Å². The molecule has 1 heterocycles. The predicted octanol–water partition coefficient (Wildman–Crippen LogP) is 1.72. The van der Waals surface area contributed by atoms with E-state index in [1.54, 1.807) is 18.2 Å². The smallest absolute Gasteiger partial charge is 0.326 e. The van der Waals surface area contributed by atoms with E-state index in [0.29, 0.717) is 23.4 Å². The van der Waals surface area contributed by atoms with Crippen molar-refractivity contribution in [3.63, 3.8) is 0 Å². The Kier molecular flexibility index (Phi) is 3.87. The molecule has 2 aromatic carbocycles. The highest BCUT2D eigenvalue weighted by molar-refractivity contribution is 7.93. The minimum Gasteiger partial charge on any atom is -0.480 e. The van der Waals surface area contributed by atoms with Crippen LogP contribution >= 0.6 is 0 Å². The highest BCUT2D eigenvalue weighted by Crippen LogP contribution is 2.41. The number of anilines is 1. The number of amides is 1. The largest absolute Gasteiger partial charge is 0.480 e. The van der Waals surface area contributed by atoms with Crippen LogP contribution in [0.4, 0.5) is 5.69 Å². The summed E-state index contributed by atoms with van der Waals surface area (Å²) in [7, 11) is -3.84. The third-order valence-electron chi connectivity index (χ3n) is 4.87. The van der Waals surface area contributed by atoms with Crippen LogP contribution in [0.3, 0.4) is 0 Å². The lowest BCUT2D eigenvalue weighted by atomic mass is 10.1. The van der Waals surface area contributed by atoms with Gasteiger partial charge in [-0.3, -0.25) is 9.10 Å². The van der Waals surface area contributed by atoms with Crippen molar-refractivity contribution < 1.29 is 23.1 Å². The number of nitrogens with one attached hydrogen (secondary N) is 1. The summed E-state index contributed by atoms with van der Waals surface area (Å²) in [6.07, 6.45) is 2.32. The number of carbonyl (C=O) groups excluding carboxylic acids is 1. The molecule has 136 valence electrons. The molecular weight excluding hydrogens is 356 g/mol. The van der Waals surface area contributed by atoms with E-state index in [0.717, 1.165) is 22.5 Å². The van der Waals surface area contributed by atoms with E-state index in [-0.39, 0.29) is 4.90 Å². The van der Waals surface area contributed by atoms with Gasteiger partial charge >= 0.3 is 5.97 Å². The molecule has 0 bridgehead atoms. The van der Waals surface area contributed by atoms with Crippen molar-refractivity contribution in [1.82, 2.24) is 5.32 Å². The fourth-order valence-electron chi connectivity index (χ4n) is 3.41. The fraction of sp³-hybridized carbons (Fsp3) is 0.333. The summed E-state index contributed by atoms with van der Waals surface area (Å²) >= 11 is 0. The van der Waals surface area contributed by atoms with Gasteiger partial charge in [-0.05, 0) is 29.9 Å². The van der Waals surface area contributed by atoms with E-state index >= 15 is 0 Å². The van der Waals surface area contributed by atoms with E-state index in [4.69, 9.17) is 0 Å². The molecule has 1 atom stereocenters. The van der Waals surface area contributed by atoms with Crippen molar-refractivity contribution in [3.8, 4) is 0 Å². The Morgan fingerprint density at radius 1 is 1.19 bits per heavy atom. The van der Waals surface area contributed by atoms with Crippen molar-refractivity contribution >= 4 is 38.4 Å².